The Labute approximate surface area is 176 Å². The van der Waals surface area contributed by atoms with Crippen LogP contribution in [-0.4, -0.2) is 38.9 Å². The number of hydrogen-bond acceptors (Lipinski definition) is 4. The molecule has 2 rings (SSSR count). The molecule has 1 atom stereocenters. The fraction of sp³-hybridized carbons (Fsp3) is 0.381. The van der Waals surface area contributed by atoms with E-state index in [4.69, 9.17) is 0 Å². The molecule has 0 aliphatic rings. The van der Waals surface area contributed by atoms with Gasteiger partial charge in [0.1, 0.15) is 11.9 Å². The number of anilines is 1. The quantitative estimate of drug-likeness (QED) is 0.574. The van der Waals surface area contributed by atoms with Crippen LogP contribution in [0, 0.1) is 12.7 Å². The third-order valence-corrected chi connectivity index (χ3v) is 6.53. The van der Waals surface area contributed by atoms with Crippen LogP contribution in [0.3, 0.4) is 0 Å². The number of carbonyl (C=O) groups excluding carboxylic acids is 1. The second-order valence-corrected chi connectivity index (χ2v) is 9.72. The normalized spacial score (nSPS) is 12.4. The van der Waals surface area contributed by atoms with Crippen LogP contribution < -0.4 is 9.62 Å². The zero-order valence-corrected chi connectivity index (χ0v) is 18.5. The first-order valence-corrected chi connectivity index (χ1v) is 12.4. The molecule has 2 aromatic carbocycles. The summed E-state index contributed by atoms with van der Waals surface area (Å²) in [6.07, 6.45) is 1.45. The highest BCUT2D eigenvalue weighted by molar-refractivity contribution is 7.98. The van der Waals surface area contributed by atoms with Crippen LogP contribution in [0.15, 0.2) is 48.5 Å². The number of benzene rings is 2. The number of thioether (sulfide) groups is 1. The first-order chi connectivity index (χ1) is 13.7. The number of carbonyl (C=O) groups is 1. The van der Waals surface area contributed by atoms with E-state index in [1.54, 1.807) is 43.3 Å². The molecule has 0 radical (unpaired) electrons. The molecule has 0 heterocycles. The number of nitrogens with zero attached hydrogens (tertiary/aromatic N) is 1. The summed E-state index contributed by atoms with van der Waals surface area (Å²) >= 11 is 1.51. The van der Waals surface area contributed by atoms with Crippen molar-refractivity contribution in [3.8, 4) is 0 Å². The molecule has 0 bridgehead atoms. The fourth-order valence-corrected chi connectivity index (χ4v) is 5.04. The van der Waals surface area contributed by atoms with Crippen molar-refractivity contribution in [3.05, 3.63) is 65.5 Å². The van der Waals surface area contributed by atoms with E-state index in [0.29, 0.717) is 35.7 Å². The Bertz CT molecular complexity index is 935. The van der Waals surface area contributed by atoms with E-state index in [0.717, 1.165) is 11.8 Å². The lowest BCUT2D eigenvalue weighted by molar-refractivity contribution is -0.122. The molecule has 29 heavy (non-hydrogen) atoms. The Morgan fingerprint density at radius 2 is 1.93 bits per heavy atom. The molecule has 2 aromatic rings. The predicted octanol–water partition coefficient (Wildman–Crippen LogP) is 3.73. The molecular weight excluding hydrogens is 411 g/mol. The number of rotatable bonds is 10. The zero-order valence-electron chi connectivity index (χ0n) is 16.9. The molecule has 0 saturated heterocycles. The molecule has 1 unspecified atom stereocenters. The zero-order chi connectivity index (χ0) is 21.4. The van der Waals surface area contributed by atoms with Crippen LogP contribution >= 0.6 is 11.8 Å². The molecule has 0 saturated carbocycles. The van der Waals surface area contributed by atoms with E-state index in [-0.39, 0.29) is 11.7 Å². The summed E-state index contributed by atoms with van der Waals surface area (Å²) in [6.45, 7) is 4.03. The maximum absolute atomic E-state index is 13.6. The summed E-state index contributed by atoms with van der Waals surface area (Å²) in [5.74, 6) is 0.529. The summed E-state index contributed by atoms with van der Waals surface area (Å²) in [5, 5.41) is 2.81. The predicted molar refractivity (Wildman–Crippen MR) is 118 cm³/mol. The van der Waals surface area contributed by atoms with Gasteiger partial charge in [-0.05, 0) is 42.7 Å². The molecule has 1 N–H and O–H groups in total. The molecule has 158 valence electrons. The first kappa shape index (κ1) is 23.2. The summed E-state index contributed by atoms with van der Waals surface area (Å²) in [7, 11) is -3.64. The smallest absolute Gasteiger partial charge is 0.243 e. The number of aryl methyl sites for hydroxylation is 1. The van der Waals surface area contributed by atoms with Crippen molar-refractivity contribution in [2.45, 2.75) is 32.1 Å². The van der Waals surface area contributed by atoms with Gasteiger partial charge in [0.05, 0.1) is 11.9 Å². The van der Waals surface area contributed by atoms with Gasteiger partial charge in [-0.1, -0.05) is 37.3 Å². The van der Waals surface area contributed by atoms with E-state index >= 15 is 0 Å². The number of sulfonamides is 1. The van der Waals surface area contributed by atoms with Crippen molar-refractivity contribution in [1.29, 1.82) is 0 Å². The standard InChI is InChI=1S/C21H27FN2O3S2/c1-4-20(24(29(3,26)27)18-10-7-8-16(2)14-18)21(25)23-12-13-28-15-17-9-5-6-11-19(17)22/h5-11,14,20H,4,12-13,15H2,1-3H3,(H,23,25). The van der Waals surface area contributed by atoms with Gasteiger partial charge in [0.15, 0.2) is 0 Å². The Balaban J connectivity index is 1.98. The summed E-state index contributed by atoms with van der Waals surface area (Å²) in [4.78, 5) is 12.7. The highest BCUT2D eigenvalue weighted by Crippen LogP contribution is 2.23. The monoisotopic (exact) mass is 438 g/mol. The van der Waals surface area contributed by atoms with Gasteiger partial charge in [-0.3, -0.25) is 9.10 Å². The third-order valence-electron chi connectivity index (χ3n) is 4.35. The minimum absolute atomic E-state index is 0.239. The van der Waals surface area contributed by atoms with Gasteiger partial charge in [-0.25, -0.2) is 12.8 Å². The minimum Gasteiger partial charge on any atom is -0.353 e. The van der Waals surface area contributed by atoms with Gasteiger partial charge in [0.25, 0.3) is 0 Å². The topological polar surface area (TPSA) is 66.5 Å². The second-order valence-electron chi connectivity index (χ2n) is 6.76. The average molecular weight is 439 g/mol. The molecule has 5 nitrogen and oxygen atoms in total. The van der Waals surface area contributed by atoms with Gasteiger partial charge < -0.3 is 5.32 Å². The van der Waals surface area contributed by atoms with Gasteiger partial charge in [0.2, 0.25) is 15.9 Å². The first-order valence-electron chi connectivity index (χ1n) is 9.39. The average Bonchev–Trinajstić information content (AvgIpc) is 2.65. The molecule has 0 fully saturated rings. The van der Waals surface area contributed by atoms with E-state index in [1.807, 2.05) is 13.0 Å². The lowest BCUT2D eigenvalue weighted by Gasteiger charge is -2.30. The van der Waals surface area contributed by atoms with Crippen molar-refractivity contribution in [3.63, 3.8) is 0 Å². The van der Waals surface area contributed by atoms with Crippen LogP contribution in [0.1, 0.15) is 24.5 Å². The molecule has 8 heteroatoms. The number of hydrogen-bond donors (Lipinski definition) is 1. The highest BCUT2D eigenvalue weighted by Gasteiger charge is 2.31. The van der Waals surface area contributed by atoms with Crippen molar-refractivity contribution in [2.75, 3.05) is 22.9 Å². The lowest BCUT2D eigenvalue weighted by Crippen LogP contribution is -2.49. The highest BCUT2D eigenvalue weighted by atomic mass is 32.2. The van der Waals surface area contributed by atoms with Crippen LogP contribution in [-0.2, 0) is 20.6 Å². The summed E-state index contributed by atoms with van der Waals surface area (Å²) in [5.41, 5.74) is 2.01. The largest absolute Gasteiger partial charge is 0.353 e. The summed E-state index contributed by atoms with van der Waals surface area (Å²) < 4.78 is 39.6. The van der Waals surface area contributed by atoms with Crippen molar-refractivity contribution < 1.29 is 17.6 Å². The van der Waals surface area contributed by atoms with Crippen molar-refractivity contribution in [2.24, 2.45) is 0 Å². The number of amides is 1. The van der Waals surface area contributed by atoms with Gasteiger partial charge in [0, 0.05) is 18.1 Å². The van der Waals surface area contributed by atoms with E-state index in [1.165, 1.54) is 22.1 Å². The minimum atomic E-state index is -3.64. The number of nitrogens with one attached hydrogen (secondary N) is 1. The molecule has 0 aliphatic heterocycles. The van der Waals surface area contributed by atoms with Gasteiger partial charge >= 0.3 is 0 Å². The molecule has 0 aromatic heterocycles. The van der Waals surface area contributed by atoms with Crippen LogP contribution in [0.2, 0.25) is 0 Å². The van der Waals surface area contributed by atoms with Gasteiger partial charge in [-0.15, -0.1) is 0 Å². The van der Waals surface area contributed by atoms with Crippen molar-refractivity contribution >= 4 is 33.4 Å². The lowest BCUT2D eigenvalue weighted by atomic mass is 10.1. The maximum atomic E-state index is 13.6. The third kappa shape index (κ3) is 6.75. The Hall–Kier alpha value is -2.06. The van der Waals surface area contributed by atoms with Gasteiger partial charge in [-0.2, -0.15) is 11.8 Å². The van der Waals surface area contributed by atoms with E-state index in [2.05, 4.69) is 5.32 Å². The van der Waals surface area contributed by atoms with E-state index in [9.17, 15) is 17.6 Å². The summed E-state index contributed by atoms with van der Waals surface area (Å²) in [6, 6.07) is 12.9. The van der Waals surface area contributed by atoms with Crippen molar-refractivity contribution in [1.82, 2.24) is 5.32 Å². The maximum Gasteiger partial charge on any atom is 0.243 e. The van der Waals surface area contributed by atoms with Crippen LogP contribution in [0.5, 0.6) is 0 Å². The fourth-order valence-electron chi connectivity index (χ4n) is 2.99. The molecule has 0 aliphatic carbocycles. The van der Waals surface area contributed by atoms with Crippen LogP contribution in [0.25, 0.3) is 0 Å². The van der Waals surface area contributed by atoms with Crippen LogP contribution in [0.4, 0.5) is 10.1 Å². The Kier molecular flexibility index (Phi) is 8.52. The second kappa shape index (κ2) is 10.6. The number of halogens is 1. The van der Waals surface area contributed by atoms with E-state index < -0.39 is 16.1 Å². The Morgan fingerprint density at radius 3 is 2.55 bits per heavy atom. The molecular formula is C21H27FN2O3S2. The molecule has 1 amide bonds. The Morgan fingerprint density at radius 1 is 1.21 bits per heavy atom. The molecule has 0 spiro atoms. The SMILES string of the molecule is CCC(C(=O)NCCSCc1ccccc1F)N(c1cccc(C)c1)S(C)(=O)=O.